The maximum absolute atomic E-state index is 12.1. The summed E-state index contributed by atoms with van der Waals surface area (Å²) in [5.74, 6) is -0.579. The van der Waals surface area contributed by atoms with Crippen molar-refractivity contribution < 1.29 is 9.53 Å². The molecule has 6 nitrogen and oxygen atoms in total. The first kappa shape index (κ1) is 23.0. The van der Waals surface area contributed by atoms with Crippen molar-refractivity contribution in [3.63, 3.8) is 0 Å². The van der Waals surface area contributed by atoms with Gasteiger partial charge in [0.25, 0.3) is 0 Å². The van der Waals surface area contributed by atoms with E-state index in [-0.39, 0.29) is 18.1 Å². The van der Waals surface area contributed by atoms with E-state index in [1.165, 1.54) is 28.1 Å². The standard InChI is InChI=1S/C30H26N4O2/c1-2-36-30(35)21(16-31)17-32-27-12-6-3-9-20(27)15-24(25-18-33-28-13-7-4-10-22(25)28)26-19-34-29-14-8-5-11-23(26)29/h3-14,17-19,24,32-34H,2,15H2,1H3/b21-17+. The Labute approximate surface area is 209 Å². The predicted molar refractivity (Wildman–Crippen MR) is 143 cm³/mol. The Kier molecular flexibility index (Phi) is 6.55. The van der Waals surface area contributed by atoms with Crippen LogP contribution in [-0.4, -0.2) is 22.5 Å². The molecule has 0 aliphatic heterocycles. The molecule has 0 aliphatic carbocycles. The summed E-state index contributed by atoms with van der Waals surface area (Å²) in [6.45, 7) is 1.93. The first-order valence-corrected chi connectivity index (χ1v) is 11.9. The molecule has 0 saturated carbocycles. The van der Waals surface area contributed by atoms with Crippen molar-refractivity contribution >= 4 is 33.5 Å². The molecule has 5 rings (SSSR count). The van der Waals surface area contributed by atoms with Crippen LogP contribution in [0, 0.1) is 11.3 Å². The van der Waals surface area contributed by atoms with Crippen LogP contribution in [0.4, 0.5) is 5.69 Å². The van der Waals surface area contributed by atoms with Crippen molar-refractivity contribution in [3.8, 4) is 6.07 Å². The third kappa shape index (κ3) is 4.47. The van der Waals surface area contributed by atoms with Crippen molar-refractivity contribution in [2.24, 2.45) is 0 Å². The van der Waals surface area contributed by atoms with Crippen LogP contribution in [0.2, 0.25) is 0 Å². The highest BCUT2D eigenvalue weighted by Crippen LogP contribution is 2.38. The number of nitrogens with one attached hydrogen (secondary N) is 3. The van der Waals surface area contributed by atoms with Gasteiger partial charge in [-0.15, -0.1) is 0 Å². The fourth-order valence-corrected chi connectivity index (χ4v) is 4.71. The van der Waals surface area contributed by atoms with Crippen LogP contribution >= 0.6 is 0 Å². The number of para-hydroxylation sites is 3. The molecule has 0 spiro atoms. The van der Waals surface area contributed by atoms with Gasteiger partial charge in [-0.1, -0.05) is 54.6 Å². The quantitative estimate of drug-likeness (QED) is 0.138. The van der Waals surface area contributed by atoms with Gasteiger partial charge in [0.1, 0.15) is 6.07 Å². The van der Waals surface area contributed by atoms with E-state index in [2.05, 4.69) is 70.1 Å². The van der Waals surface area contributed by atoms with E-state index in [9.17, 15) is 10.1 Å². The zero-order chi connectivity index (χ0) is 24.9. The topological polar surface area (TPSA) is 93.7 Å². The number of aromatic amines is 2. The highest BCUT2D eigenvalue weighted by atomic mass is 16.5. The van der Waals surface area contributed by atoms with Crippen LogP contribution in [-0.2, 0) is 16.0 Å². The second kappa shape index (κ2) is 10.2. The summed E-state index contributed by atoms with van der Waals surface area (Å²) in [6, 6.07) is 26.5. The fourth-order valence-electron chi connectivity index (χ4n) is 4.71. The van der Waals surface area contributed by atoms with Gasteiger partial charge in [-0.2, -0.15) is 5.26 Å². The largest absolute Gasteiger partial charge is 0.462 e. The van der Waals surface area contributed by atoms with Crippen molar-refractivity contribution in [2.45, 2.75) is 19.3 Å². The van der Waals surface area contributed by atoms with E-state index in [4.69, 9.17) is 4.74 Å². The van der Waals surface area contributed by atoms with Crippen LogP contribution in [0.3, 0.4) is 0 Å². The van der Waals surface area contributed by atoms with Crippen molar-refractivity contribution in [3.05, 3.63) is 114 Å². The van der Waals surface area contributed by atoms with Gasteiger partial charge in [0.05, 0.1) is 6.61 Å². The molecule has 0 radical (unpaired) electrons. The van der Waals surface area contributed by atoms with Gasteiger partial charge in [-0.3, -0.25) is 0 Å². The van der Waals surface area contributed by atoms with Crippen LogP contribution in [0.15, 0.2) is 97.0 Å². The number of rotatable bonds is 8. The molecule has 0 amide bonds. The number of hydrogen-bond acceptors (Lipinski definition) is 4. The second-order valence-electron chi connectivity index (χ2n) is 8.53. The minimum Gasteiger partial charge on any atom is -0.462 e. The normalized spacial score (nSPS) is 11.6. The SMILES string of the molecule is CCOC(=O)/C(C#N)=C/Nc1ccccc1CC(c1c[nH]c2ccccc12)c1c[nH]c2ccccc12. The number of aromatic nitrogens is 2. The molecule has 0 atom stereocenters. The number of benzene rings is 3. The van der Waals surface area contributed by atoms with E-state index < -0.39 is 5.97 Å². The number of fused-ring (bicyclic) bond motifs is 2. The summed E-state index contributed by atoms with van der Waals surface area (Å²) in [7, 11) is 0. The molecule has 178 valence electrons. The van der Waals surface area contributed by atoms with Crippen molar-refractivity contribution in [1.82, 2.24) is 9.97 Å². The van der Waals surface area contributed by atoms with E-state index >= 15 is 0 Å². The summed E-state index contributed by atoms with van der Waals surface area (Å²) < 4.78 is 4.98. The molecule has 0 unspecified atom stereocenters. The Hall–Kier alpha value is -4.76. The molecule has 0 saturated heterocycles. The third-order valence-corrected chi connectivity index (χ3v) is 6.42. The van der Waals surface area contributed by atoms with E-state index in [1.807, 2.05) is 36.4 Å². The molecule has 36 heavy (non-hydrogen) atoms. The zero-order valence-electron chi connectivity index (χ0n) is 19.9. The minimum atomic E-state index is -0.638. The van der Waals surface area contributed by atoms with Gasteiger partial charge in [0.2, 0.25) is 0 Å². The molecule has 2 aromatic heterocycles. The monoisotopic (exact) mass is 474 g/mol. The molecule has 0 aliphatic rings. The van der Waals surface area contributed by atoms with Gasteiger partial charge < -0.3 is 20.0 Å². The highest BCUT2D eigenvalue weighted by Gasteiger charge is 2.23. The van der Waals surface area contributed by atoms with E-state index in [0.717, 1.165) is 22.3 Å². The molecule has 3 aromatic carbocycles. The molecular formula is C30H26N4O2. The molecule has 2 heterocycles. The second-order valence-corrected chi connectivity index (χ2v) is 8.53. The fraction of sp³-hybridized carbons (Fsp3) is 0.133. The summed E-state index contributed by atoms with van der Waals surface area (Å²) in [5, 5.41) is 14.9. The maximum Gasteiger partial charge on any atom is 0.350 e. The number of hydrogen-bond donors (Lipinski definition) is 3. The summed E-state index contributed by atoms with van der Waals surface area (Å²) >= 11 is 0. The maximum atomic E-state index is 12.1. The third-order valence-electron chi connectivity index (χ3n) is 6.42. The molecule has 5 aromatic rings. The Bertz CT molecular complexity index is 1530. The lowest BCUT2D eigenvalue weighted by molar-refractivity contribution is -0.138. The first-order chi connectivity index (χ1) is 17.7. The highest BCUT2D eigenvalue weighted by molar-refractivity contribution is 5.93. The van der Waals surface area contributed by atoms with Crippen LogP contribution < -0.4 is 5.32 Å². The Morgan fingerprint density at radius 1 is 0.944 bits per heavy atom. The predicted octanol–water partition coefficient (Wildman–Crippen LogP) is 6.41. The van der Waals surface area contributed by atoms with Gasteiger partial charge >= 0.3 is 5.97 Å². The van der Waals surface area contributed by atoms with E-state index in [1.54, 1.807) is 6.92 Å². The van der Waals surface area contributed by atoms with Crippen LogP contribution in [0.5, 0.6) is 0 Å². The number of carbonyl (C=O) groups excluding carboxylic acids is 1. The molecule has 6 heteroatoms. The average Bonchev–Trinajstić information content (AvgIpc) is 3.53. The number of anilines is 1. The summed E-state index contributed by atoms with van der Waals surface area (Å²) in [4.78, 5) is 18.9. The molecular weight excluding hydrogens is 448 g/mol. The van der Waals surface area contributed by atoms with Gasteiger partial charge in [0.15, 0.2) is 5.57 Å². The van der Waals surface area contributed by atoms with Crippen molar-refractivity contribution in [1.29, 1.82) is 5.26 Å². The number of carbonyl (C=O) groups is 1. The molecule has 3 N–H and O–H groups in total. The zero-order valence-corrected chi connectivity index (χ0v) is 19.9. The molecule has 0 bridgehead atoms. The smallest absolute Gasteiger partial charge is 0.350 e. The Balaban J connectivity index is 1.56. The Morgan fingerprint density at radius 2 is 1.53 bits per heavy atom. The number of nitriles is 1. The molecule has 0 fully saturated rings. The first-order valence-electron chi connectivity index (χ1n) is 11.9. The lowest BCUT2D eigenvalue weighted by atomic mass is 9.85. The average molecular weight is 475 g/mol. The minimum absolute atomic E-state index is 0.0599. The Morgan fingerprint density at radius 3 is 2.14 bits per heavy atom. The van der Waals surface area contributed by atoms with Crippen LogP contribution in [0.25, 0.3) is 21.8 Å². The van der Waals surface area contributed by atoms with E-state index in [0.29, 0.717) is 6.42 Å². The van der Waals surface area contributed by atoms with Gasteiger partial charge in [-0.25, -0.2) is 4.79 Å². The number of esters is 1. The number of nitrogens with zero attached hydrogens (tertiary/aromatic N) is 1. The van der Waals surface area contributed by atoms with Gasteiger partial charge in [-0.05, 0) is 48.2 Å². The number of ether oxygens (including phenoxy) is 1. The van der Waals surface area contributed by atoms with Crippen LogP contribution in [0.1, 0.15) is 29.5 Å². The van der Waals surface area contributed by atoms with Gasteiger partial charge in [0, 0.05) is 52.0 Å². The lowest BCUT2D eigenvalue weighted by Gasteiger charge is -2.19. The number of H-pyrrole nitrogens is 2. The summed E-state index contributed by atoms with van der Waals surface area (Å²) in [6.07, 6.45) is 6.33. The lowest BCUT2D eigenvalue weighted by Crippen LogP contribution is -2.09. The van der Waals surface area contributed by atoms with Crippen molar-refractivity contribution in [2.75, 3.05) is 11.9 Å². The summed E-state index contributed by atoms with van der Waals surface area (Å²) in [5.41, 5.74) is 6.44.